The van der Waals surface area contributed by atoms with Gasteiger partial charge in [0, 0.05) is 23.7 Å². The number of ketones is 2. The van der Waals surface area contributed by atoms with E-state index in [9.17, 15) is 14.7 Å². The monoisotopic (exact) mass is 383 g/mol. The first-order chi connectivity index (χ1) is 13.1. The molecule has 4 aliphatic carbocycles. The van der Waals surface area contributed by atoms with Crippen LogP contribution >= 0.6 is 0 Å². The molecule has 1 aliphatic heterocycles. The molecule has 150 valence electrons. The van der Waals surface area contributed by atoms with Crippen LogP contribution in [0.3, 0.4) is 0 Å². The summed E-state index contributed by atoms with van der Waals surface area (Å²) in [4.78, 5) is 29.6. The lowest BCUT2D eigenvalue weighted by molar-refractivity contribution is -0.142. The van der Waals surface area contributed by atoms with E-state index in [2.05, 4.69) is 13.8 Å². The van der Waals surface area contributed by atoms with E-state index in [1.807, 2.05) is 13.0 Å². The van der Waals surface area contributed by atoms with E-state index < -0.39 is 17.1 Å². The summed E-state index contributed by atoms with van der Waals surface area (Å²) in [5, 5.41) is 11.4. The number of aliphatic imine (C=N–C) groups is 1. The summed E-state index contributed by atoms with van der Waals surface area (Å²) in [6.45, 7) is 7.77. The lowest BCUT2D eigenvalue weighted by atomic mass is 9.46. The van der Waals surface area contributed by atoms with E-state index in [0.29, 0.717) is 12.3 Å². The number of Topliss-reactive ketones (excluding diaryl/α,β-unsaturated/α-hetero) is 1. The lowest BCUT2D eigenvalue weighted by Gasteiger charge is -2.59. The first-order valence-electron chi connectivity index (χ1n) is 10.5. The van der Waals surface area contributed by atoms with Gasteiger partial charge >= 0.3 is 0 Å². The molecule has 5 rings (SSSR count). The molecule has 0 aromatic carbocycles. The van der Waals surface area contributed by atoms with Crippen molar-refractivity contribution in [3.05, 3.63) is 23.8 Å². The second kappa shape index (κ2) is 5.44. The Kier molecular flexibility index (Phi) is 3.55. The van der Waals surface area contributed by atoms with Crippen molar-refractivity contribution in [2.24, 2.45) is 33.6 Å². The highest BCUT2D eigenvalue weighted by molar-refractivity contribution is 6.01. The molecule has 0 unspecified atom stereocenters. The number of nitrogens with zero attached hydrogens (tertiary/aromatic N) is 1. The van der Waals surface area contributed by atoms with Crippen molar-refractivity contribution >= 4 is 17.5 Å². The Morgan fingerprint density at radius 2 is 2.11 bits per heavy atom. The van der Waals surface area contributed by atoms with Gasteiger partial charge in [-0.1, -0.05) is 25.5 Å². The van der Waals surface area contributed by atoms with Crippen LogP contribution < -0.4 is 0 Å². The standard InChI is InChI=1S/C23H29NO4/c1-12(25)23-19(28-13(2)24-23)10-17-16-6-5-14-9-15(26)7-8-21(14,3)20(16)18(27)11-22(17,23)4/h7-9,16-20,27H,5-6,10-11H2,1-4H3/t16-,17-,18+,19-,20+,21+,22-,23+/m1/s1. The fourth-order valence-electron chi connectivity index (χ4n) is 7.84. The zero-order valence-corrected chi connectivity index (χ0v) is 17.1. The average molecular weight is 383 g/mol. The van der Waals surface area contributed by atoms with Crippen molar-refractivity contribution in [2.45, 2.75) is 71.1 Å². The van der Waals surface area contributed by atoms with E-state index >= 15 is 0 Å². The summed E-state index contributed by atoms with van der Waals surface area (Å²) >= 11 is 0. The van der Waals surface area contributed by atoms with Crippen LogP contribution in [0.15, 0.2) is 28.8 Å². The number of rotatable bonds is 1. The smallest absolute Gasteiger partial charge is 0.181 e. The van der Waals surface area contributed by atoms with Crippen molar-refractivity contribution < 1.29 is 19.4 Å². The maximum absolute atomic E-state index is 12.9. The third-order valence-corrected chi connectivity index (χ3v) is 8.87. The minimum absolute atomic E-state index is 0.0465. The van der Waals surface area contributed by atoms with E-state index in [-0.39, 0.29) is 40.8 Å². The van der Waals surface area contributed by atoms with Gasteiger partial charge in [-0.05, 0) is 56.6 Å². The van der Waals surface area contributed by atoms with Gasteiger partial charge in [0.05, 0.1) is 6.10 Å². The van der Waals surface area contributed by atoms with Gasteiger partial charge in [0.15, 0.2) is 23.0 Å². The molecule has 28 heavy (non-hydrogen) atoms. The normalized spacial score (nSPS) is 51.3. The number of fused-ring (bicyclic) bond motifs is 7. The van der Waals surface area contributed by atoms with Crippen LogP contribution in [0.2, 0.25) is 0 Å². The molecule has 0 bridgehead atoms. The zero-order chi connectivity index (χ0) is 20.1. The van der Waals surface area contributed by atoms with Crippen molar-refractivity contribution in [1.29, 1.82) is 0 Å². The number of carbonyl (C=O) groups is 2. The minimum Gasteiger partial charge on any atom is -0.475 e. The molecule has 5 nitrogen and oxygen atoms in total. The Labute approximate surface area is 165 Å². The zero-order valence-electron chi connectivity index (χ0n) is 17.1. The number of carbonyl (C=O) groups excluding carboxylic acids is 2. The Bertz CT molecular complexity index is 872. The number of hydrogen-bond donors (Lipinski definition) is 1. The first-order valence-corrected chi connectivity index (χ1v) is 10.5. The topological polar surface area (TPSA) is 76.0 Å². The lowest BCUT2D eigenvalue weighted by Crippen LogP contribution is -2.61. The summed E-state index contributed by atoms with van der Waals surface area (Å²) in [5.41, 5.74) is -0.427. The third kappa shape index (κ3) is 1.94. The van der Waals surface area contributed by atoms with Crippen LogP contribution in [0.25, 0.3) is 0 Å². The molecule has 3 fully saturated rings. The van der Waals surface area contributed by atoms with E-state index in [1.54, 1.807) is 19.1 Å². The number of allylic oxidation sites excluding steroid dienone is 4. The van der Waals surface area contributed by atoms with Gasteiger partial charge in [-0.15, -0.1) is 0 Å². The van der Waals surface area contributed by atoms with Crippen LogP contribution in [0, 0.1) is 28.6 Å². The Morgan fingerprint density at radius 1 is 1.36 bits per heavy atom. The molecule has 5 heteroatoms. The second-order valence-corrected chi connectivity index (χ2v) is 10.0. The van der Waals surface area contributed by atoms with Gasteiger partial charge in [-0.2, -0.15) is 0 Å². The van der Waals surface area contributed by atoms with Gasteiger partial charge < -0.3 is 9.84 Å². The van der Waals surface area contributed by atoms with Crippen LogP contribution in [0.1, 0.15) is 53.4 Å². The highest BCUT2D eigenvalue weighted by atomic mass is 16.5. The molecule has 8 atom stereocenters. The van der Waals surface area contributed by atoms with E-state index in [1.165, 1.54) is 0 Å². The molecule has 0 saturated heterocycles. The molecule has 0 spiro atoms. The Balaban J connectivity index is 1.61. The number of aliphatic hydroxyl groups excluding tert-OH is 1. The number of ether oxygens (including phenoxy) is 1. The van der Waals surface area contributed by atoms with Gasteiger partial charge in [-0.3, -0.25) is 9.59 Å². The van der Waals surface area contributed by atoms with Crippen molar-refractivity contribution in [3.63, 3.8) is 0 Å². The maximum Gasteiger partial charge on any atom is 0.181 e. The van der Waals surface area contributed by atoms with E-state index in [0.717, 1.165) is 24.8 Å². The summed E-state index contributed by atoms with van der Waals surface area (Å²) in [6, 6.07) is 0. The molecular weight excluding hydrogens is 354 g/mol. The molecular formula is C23H29NO4. The van der Waals surface area contributed by atoms with Gasteiger partial charge in [-0.25, -0.2) is 4.99 Å². The highest BCUT2D eigenvalue weighted by Gasteiger charge is 2.73. The minimum atomic E-state index is -0.872. The SMILES string of the molecule is CC(=O)[C@]12N=C(C)O[C@@H]1C[C@@H]1[C@H]3CCC4=CC(=O)C=C[C@]4(C)[C@@H]3[C@@H](O)C[C@]12C. The molecule has 1 N–H and O–H groups in total. The van der Waals surface area contributed by atoms with Crippen LogP contribution in [-0.2, 0) is 14.3 Å². The van der Waals surface area contributed by atoms with Crippen molar-refractivity contribution in [2.75, 3.05) is 0 Å². The summed E-state index contributed by atoms with van der Waals surface area (Å²) in [5.74, 6) is 1.31. The maximum atomic E-state index is 12.9. The quantitative estimate of drug-likeness (QED) is 0.755. The van der Waals surface area contributed by atoms with E-state index in [4.69, 9.17) is 9.73 Å². The predicted octanol–water partition coefficient (Wildman–Crippen LogP) is 3.02. The summed E-state index contributed by atoms with van der Waals surface area (Å²) in [7, 11) is 0. The van der Waals surface area contributed by atoms with Crippen molar-refractivity contribution in [1.82, 2.24) is 0 Å². The first kappa shape index (κ1) is 18.3. The molecule has 0 amide bonds. The van der Waals surface area contributed by atoms with Crippen LogP contribution in [-0.4, -0.2) is 40.3 Å². The van der Waals surface area contributed by atoms with Gasteiger partial charge in [0.2, 0.25) is 0 Å². The highest BCUT2D eigenvalue weighted by Crippen LogP contribution is 2.69. The molecule has 0 aromatic heterocycles. The average Bonchev–Trinajstić information content (AvgIpc) is 3.06. The fraction of sp³-hybridized carbons (Fsp3) is 0.696. The van der Waals surface area contributed by atoms with Gasteiger partial charge in [0.25, 0.3) is 0 Å². The molecule has 5 aliphatic rings. The fourth-order valence-corrected chi connectivity index (χ4v) is 7.84. The Hall–Kier alpha value is -1.75. The summed E-state index contributed by atoms with van der Waals surface area (Å²) in [6.07, 6.45) is 7.84. The molecule has 0 aromatic rings. The molecule has 0 radical (unpaired) electrons. The predicted molar refractivity (Wildman–Crippen MR) is 105 cm³/mol. The molecule has 1 heterocycles. The largest absolute Gasteiger partial charge is 0.475 e. The van der Waals surface area contributed by atoms with Crippen molar-refractivity contribution in [3.8, 4) is 0 Å². The Morgan fingerprint density at radius 3 is 2.82 bits per heavy atom. The van der Waals surface area contributed by atoms with Gasteiger partial charge in [0.1, 0.15) is 6.10 Å². The number of aliphatic hydroxyl groups is 1. The summed E-state index contributed by atoms with van der Waals surface area (Å²) < 4.78 is 6.05. The second-order valence-electron chi connectivity index (χ2n) is 10.0. The number of hydrogen-bond acceptors (Lipinski definition) is 5. The third-order valence-electron chi connectivity index (χ3n) is 8.87. The van der Waals surface area contributed by atoms with Crippen LogP contribution in [0.5, 0.6) is 0 Å². The molecule has 3 saturated carbocycles. The van der Waals surface area contributed by atoms with Crippen LogP contribution in [0.4, 0.5) is 0 Å².